The van der Waals surface area contributed by atoms with Crippen LogP contribution in [0.1, 0.15) is 29.3 Å². The highest BCUT2D eigenvalue weighted by Gasteiger charge is 2.25. The molecule has 10 heteroatoms. The van der Waals surface area contributed by atoms with Gasteiger partial charge in [0.1, 0.15) is 17.2 Å². The summed E-state index contributed by atoms with van der Waals surface area (Å²) in [4.78, 5) is 25.4. The number of amides is 1. The van der Waals surface area contributed by atoms with Gasteiger partial charge in [0.2, 0.25) is 0 Å². The summed E-state index contributed by atoms with van der Waals surface area (Å²) in [6.45, 7) is 1.77. The second-order valence-corrected chi connectivity index (χ2v) is 10.3. The van der Waals surface area contributed by atoms with E-state index in [2.05, 4.69) is 5.32 Å². The molecule has 0 aromatic heterocycles. The standard InChI is InChI=1S/C28H31NO8S/c1-4-36-28(31)27(29-26(30)21-8-5-9-24(19-21)35-3)37-23-12-10-20(11-13-23)7-6-18-38(32,33)25-16-14-22(34-2)15-17-25/h5,8-17,19,27H,4,6-7,18H2,1-3H3,(H,29,30). The lowest BCUT2D eigenvalue weighted by Gasteiger charge is -2.19. The molecule has 0 heterocycles. The normalized spacial score (nSPS) is 11.8. The van der Waals surface area contributed by atoms with Gasteiger partial charge < -0.3 is 24.3 Å². The molecule has 1 amide bonds. The van der Waals surface area contributed by atoms with Gasteiger partial charge in [0.25, 0.3) is 12.1 Å². The van der Waals surface area contributed by atoms with Crippen molar-refractivity contribution in [1.82, 2.24) is 5.32 Å². The number of methoxy groups -OCH3 is 2. The summed E-state index contributed by atoms with van der Waals surface area (Å²) in [5.41, 5.74) is 1.19. The zero-order chi connectivity index (χ0) is 27.5. The molecule has 202 valence electrons. The molecule has 1 N–H and O–H groups in total. The van der Waals surface area contributed by atoms with Gasteiger partial charge in [-0.1, -0.05) is 18.2 Å². The fourth-order valence-electron chi connectivity index (χ4n) is 3.56. The van der Waals surface area contributed by atoms with Gasteiger partial charge in [0, 0.05) is 5.56 Å². The van der Waals surface area contributed by atoms with Crippen molar-refractivity contribution in [2.45, 2.75) is 30.9 Å². The molecule has 3 aromatic rings. The lowest BCUT2D eigenvalue weighted by Crippen LogP contribution is -2.46. The number of esters is 1. The number of carbonyl (C=O) groups is 2. The Hall–Kier alpha value is -4.05. The van der Waals surface area contributed by atoms with E-state index in [9.17, 15) is 18.0 Å². The van der Waals surface area contributed by atoms with Gasteiger partial charge >= 0.3 is 5.97 Å². The lowest BCUT2D eigenvalue weighted by atomic mass is 10.1. The van der Waals surface area contributed by atoms with Crippen molar-refractivity contribution in [3.05, 3.63) is 83.9 Å². The Kier molecular flexibility index (Phi) is 10.1. The van der Waals surface area contributed by atoms with E-state index in [4.69, 9.17) is 18.9 Å². The van der Waals surface area contributed by atoms with Gasteiger partial charge in [-0.15, -0.1) is 0 Å². The Morgan fingerprint density at radius 2 is 1.53 bits per heavy atom. The maximum absolute atomic E-state index is 12.7. The second-order valence-electron chi connectivity index (χ2n) is 8.20. The lowest BCUT2D eigenvalue weighted by molar-refractivity contribution is -0.152. The first kappa shape index (κ1) is 28.5. The molecule has 0 bridgehead atoms. The third-order valence-corrected chi connectivity index (χ3v) is 7.39. The van der Waals surface area contributed by atoms with E-state index in [0.29, 0.717) is 35.7 Å². The molecule has 0 aliphatic rings. The molecule has 1 unspecified atom stereocenters. The van der Waals surface area contributed by atoms with Crippen LogP contribution in [-0.4, -0.2) is 53.1 Å². The molecule has 0 aliphatic heterocycles. The third-order valence-electron chi connectivity index (χ3n) is 5.57. The molecule has 0 saturated carbocycles. The predicted molar refractivity (Wildman–Crippen MR) is 141 cm³/mol. The number of aryl methyl sites for hydroxylation is 1. The smallest absolute Gasteiger partial charge is 0.369 e. The summed E-state index contributed by atoms with van der Waals surface area (Å²) in [6.07, 6.45) is -0.408. The van der Waals surface area contributed by atoms with Gasteiger partial charge in [-0.05, 0) is 79.9 Å². The molecule has 38 heavy (non-hydrogen) atoms. The van der Waals surface area contributed by atoms with E-state index in [1.165, 1.54) is 26.4 Å². The first-order chi connectivity index (χ1) is 18.2. The molecular formula is C28H31NO8S. The van der Waals surface area contributed by atoms with E-state index in [-0.39, 0.29) is 17.3 Å². The van der Waals surface area contributed by atoms with Crippen LogP contribution in [0.25, 0.3) is 0 Å². The Morgan fingerprint density at radius 1 is 0.868 bits per heavy atom. The number of hydrogen-bond donors (Lipinski definition) is 1. The maximum Gasteiger partial charge on any atom is 0.369 e. The molecule has 3 rings (SSSR count). The highest BCUT2D eigenvalue weighted by molar-refractivity contribution is 7.91. The summed E-state index contributed by atoms with van der Waals surface area (Å²) in [5.74, 6) is 0.158. The SMILES string of the molecule is CCOC(=O)C(NC(=O)c1cccc(OC)c1)Oc1ccc(CCCS(=O)(=O)c2ccc(OC)cc2)cc1. The molecule has 0 saturated heterocycles. The number of hydrogen-bond acceptors (Lipinski definition) is 8. The average Bonchev–Trinajstić information content (AvgIpc) is 2.93. The van der Waals surface area contributed by atoms with E-state index in [0.717, 1.165) is 5.56 Å². The zero-order valence-corrected chi connectivity index (χ0v) is 22.3. The van der Waals surface area contributed by atoms with E-state index in [1.807, 2.05) is 0 Å². The first-order valence-corrected chi connectivity index (χ1v) is 13.6. The fraction of sp³-hybridized carbons (Fsp3) is 0.286. The van der Waals surface area contributed by atoms with Gasteiger partial charge in [-0.3, -0.25) is 4.79 Å². The Bertz CT molecular complexity index is 1320. The monoisotopic (exact) mass is 541 g/mol. The summed E-state index contributed by atoms with van der Waals surface area (Å²) in [6, 6.07) is 19.7. The summed E-state index contributed by atoms with van der Waals surface area (Å²) in [5, 5.41) is 2.54. The van der Waals surface area contributed by atoms with Crippen LogP contribution in [0.2, 0.25) is 0 Å². The Labute approximate surface area is 222 Å². The van der Waals surface area contributed by atoms with Crippen LogP contribution in [0.5, 0.6) is 17.2 Å². The first-order valence-electron chi connectivity index (χ1n) is 12.0. The van der Waals surface area contributed by atoms with Crippen molar-refractivity contribution in [2.24, 2.45) is 0 Å². The van der Waals surface area contributed by atoms with E-state index >= 15 is 0 Å². The van der Waals surface area contributed by atoms with Crippen LogP contribution >= 0.6 is 0 Å². The van der Waals surface area contributed by atoms with Gasteiger partial charge in [0.15, 0.2) is 9.84 Å². The topological polar surface area (TPSA) is 117 Å². The number of sulfone groups is 1. The van der Waals surface area contributed by atoms with E-state index < -0.39 is 27.9 Å². The van der Waals surface area contributed by atoms with Crippen molar-refractivity contribution in [3.63, 3.8) is 0 Å². The summed E-state index contributed by atoms with van der Waals surface area (Å²) >= 11 is 0. The Balaban J connectivity index is 1.60. The molecule has 3 aromatic carbocycles. The van der Waals surface area contributed by atoms with E-state index in [1.54, 1.807) is 67.6 Å². The molecule has 0 spiro atoms. The zero-order valence-electron chi connectivity index (χ0n) is 21.5. The maximum atomic E-state index is 12.7. The van der Waals surface area contributed by atoms with Crippen molar-refractivity contribution in [3.8, 4) is 17.2 Å². The van der Waals surface area contributed by atoms with Gasteiger partial charge in [-0.2, -0.15) is 0 Å². The minimum absolute atomic E-state index is 0.00117. The number of ether oxygens (including phenoxy) is 4. The highest BCUT2D eigenvalue weighted by atomic mass is 32.2. The number of nitrogens with one attached hydrogen (secondary N) is 1. The third kappa shape index (κ3) is 7.97. The minimum atomic E-state index is -3.41. The van der Waals surface area contributed by atoms with Crippen molar-refractivity contribution < 1.29 is 37.0 Å². The van der Waals surface area contributed by atoms with Crippen LogP contribution in [0.3, 0.4) is 0 Å². The van der Waals surface area contributed by atoms with Gasteiger partial charge in [-0.25, -0.2) is 13.2 Å². The molecule has 9 nitrogen and oxygen atoms in total. The van der Waals surface area contributed by atoms with Crippen LogP contribution in [0.4, 0.5) is 0 Å². The van der Waals surface area contributed by atoms with Crippen LogP contribution < -0.4 is 19.5 Å². The van der Waals surface area contributed by atoms with Crippen LogP contribution in [0, 0.1) is 0 Å². The predicted octanol–water partition coefficient (Wildman–Crippen LogP) is 3.81. The van der Waals surface area contributed by atoms with Gasteiger partial charge in [0.05, 0.1) is 31.5 Å². The molecular weight excluding hydrogens is 510 g/mol. The quantitative estimate of drug-likeness (QED) is 0.257. The largest absolute Gasteiger partial charge is 0.497 e. The second kappa shape index (κ2) is 13.5. The average molecular weight is 542 g/mol. The summed E-state index contributed by atoms with van der Waals surface area (Å²) < 4.78 is 46.2. The number of rotatable bonds is 13. The van der Waals surface area contributed by atoms with Crippen molar-refractivity contribution in [2.75, 3.05) is 26.6 Å². The summed E-state index contributed by atoms with van der Waals surface area (Å²) in [7, 11) is -0.399. The van der Waals surface area contributed by atoms with Crippen LogP contribution in [-0.2, 0) is 25.8 Å². The molecule has 0 aliphatic carbocycles. The molecule has 1 atom stereocenters. The number of benzene rings is 3. The van der Waals surface area contributed by atoms with Crippen molar-refractivity contribution >= 4 is 21.7 Å². The van der Waals surface area contributed by atoms with Crippen LogP contribution in [0.15, 0.2) is 77.7 Å². The number of carbonyl (C=O) groups excluding carboxylic acids is 2. The fourth-order valence-corrected chi connectivity index (χ4v) is 4.87. The highest BCUT2D eigenvalue weighted by Crippen LogP contribution is 2.20. The Morgan fingerprint density at radius 3 is 2.16 bits per heavy atom. The molecule has 0 fully saturated rings. The molecule has 0 radical (unpaired) electrons. The van der Waals surface area contributed by atoms with Crippen molar-refractivity contribution in [1.29, 1.82) is 0 Å². The minimum Gasteiger partial charge on any atom is -0.497 e.